The molecule has 3 rings (SSSR count). The maximum absolute atomic E-state index is 13.9. The Hall–Kier alpha value is -1.38. The third kappa shape index (κ3) is 2.46. The lowest BCUT2D eigenvalue weighted by atomic mass is 9.88. The zero-order valence-corrected chi connectivity index (χ0v) is 12.2. The van der Waals surface area contributed by atoms with Gasteiger partial charge < -0.3 is 5.32 Å². The molecule has 0 saturated heterocycles. The van der Waals surface area contributed by atoms with Crippen molar-refractivity contribution in [3.8, 4) is 0 Å². The van der Waals surface area contributed by atoms with Crippen LogP contribution in [-0.4, -0.2) is 5.91 Å². The van der Waals surface area contributed by atoms with E-state index in [-0.39, 0.29) is 23.6 Å². The molecule has 108 valence electrons. The van der Waals surface area contributed by atoms with Gasteiger partial charge in [0.15, 0.2) is 0 Å². The number of carbonyl (C=O) groups is 1. The minimum Gasteiger partial charge on any atom is -0.326 e. The van der Waals surface area contributed by atoms with Crippen molar-refractivity contribution in [2.45, 2.75) is 45.4 Å². The van der Waals surface area contributed by atoms with Gasteiger partial charge in [-0.15, -0.1) is 0 Å². The first-order valence-corrected chi connectivity index (χ1v) is 7.65. The Morgan fingerprint density at radius 3 is 2.65 bits per heavy atom. The highest BCUT2D eigenvalue weighted by Gasteiger charge is 2.43. The minimum absolute atomic E-state index is 0.0777. The molecular weight excluding hydrogens is 253 g/mol. The number of nitrogens with one attached hydrogen (secondary N) is 1. The molecule has 1 amide bonds. The Morgan fingerprint density at radius 1 is 1.30 bits per heavy atom. The summed E-state index contributed by atoms with van der Waals surface area (Å²) >= 11 is 0. The molecular formula is C17H22FNO. The summed E-state index contributed by atoms with van der Waals surface area (Å²) in [6.07, 6.45) is 4.69. The number of anilines is 1. The van der Waals surface area contributed by atoms with E-state index in [1.54, 1.807) is 6.07 Å². The number of hydrogen-bond acceptors (Lipinski definition) is 1. The van der Waals surface area contributed by atoms with Crippen molar-refractivity contribution in [1.29, 1.82) is 0 Å². The van der Waals surface area contributed by atoms with E-state index in [2.05, 4.69) is 5.32 Å². The molecule has 1 N–H and O–H groups in total. The molecule has 3 heteroatoms. The van der Waals surface area contributed by atoms with Gasteiger partial charge in [-0.3, -0.25) is 4.79 Å². The number of halogens is 1. The van der Waals surface area contributed by atoms with E-state index >= 15 is 0 Å². The molecule has 0 spiro atoms. The Labute approximate surface area is 119 Å². The Balaban J connectivity index is 1.69. The first kappa shape index (κ1) is 13.6. The zero-order chi connectivity index (χ0) is 14.3. The van der Waals surface area contributed by atoms with Crippen LogP contribution in [0, 0.1) is 23.6 Å². The van der Waals surface area contributed by atoms with Gasteiger partial charge >= 0.3 is 0 Å². The topological polar surface area (TPSA) is 29.1 Å². The molecule has 1 unspecified atom stereocenters. The number of amides is 1. The van der Waals surface area contributed by atoms with Crippen LogP contribution in [0.25, 0.3) is 0 Å². The molecule has 1 aromatic rings. The lowest BCUT2D eigenvalue weighted by Crippen LogP contribution is -2.27. The molecule has 1 aromatic carbocycles. The standard InChI is InChI=1S/C17H22FNO/c1-10(2)14-6-5-13(9-16(14)18)19-17(20)15-8-11-3-4-12(15)7-11/h5-6,9-12,15H,3-4,7-8H2,1-2H3,(H,19,20)/t11-,12+,15?/m0/s1. The fourth-order valence-electron chi connectivity index (χ4n) is 3.87. The van der Waals surface area contributed by atoms with Gasteiger partial charge in [-0.05, 0) is 54.7 Å². The second-order valence-corrected chi connectivity index (χ2v) is 6.66. The number of hydrogen-bond donors (Lipinski definition) is 1. The second kappa shape index (κ2) is 5.19. The fourth-order valence-corrected chi connectivity index (χ4v) is 3.87. The average Bonchev–Trinajstić information content (AvgIpc) is 3.00. The predicted octanol–water partition coefficient (Wildman–Crippen LogP) is 4.32. The largest absolute Gasteiger partial charge is 0.326 e. The Bertz CT molecular complexity index is 526. The van der Waals surface area contributed by atoms with Gasteiger partial charge in [-0.2, -0.15) is 0 Å². The Morgan fingerprint density at radius 2 is 2.10 bits per heavy atom. The molecule has 2 nitrogen and oxygen atoms in total. The number of rotatable bonds is 3. The predicted molar refractivity (Wildman–Crippen MR) is 78.1 cm³/mol. The molecule has 2 bridgehead atoms. The summed E-state index contributed by atoms with van der Waals surface area (Å²) in [5.74, 6) is 1.45. The average molecular weight is 275 g/mol. The summed E-state index contributed by atoms with van der Waals surface area (Å²) in [5, 5.41) is 2.90. The van der Waals surface area contributed by atoms with Crippen molar-refractivity contribution >= 4 is 11.6 Å². The van der Waals surface area contributed by atoms with E-state index in [0.717, 1.165) is 12.3 Å². The van der Waals surface area contributed by atoms with Gasteiger partial charge in [0.05, 0.1) is 0 Å². The van der Waals surface area contributed by atoms with Crippen molar-refractivity contribution in [2.24, 2.45) is 17.8 Å². The van der Waals surface area contributed by atoms with Crippen LogP contribution >= 0.6 is 0 Å². The van der Waals surface area contributed by atoms with Gasteiger partial charge in [0.1, 0.15) is 5.82 Å². The number of carbonyl (C=O) groups excluding carboxylic acids is 1. The highest BCUT2D eigenvalue weighted by molar-refractivity contribution is 5.93. The molecule has 2 saturated carbocycles. The smallest absolute Gasteiger partial charge is 0.227 e. The van der Waals surface area contributed by atoms with Crippen LogP contribution in [0.1, 0.15) is 51.0 Å². The van der Waals surface area contributed by atoms with Crippen molar-refractivity contribution in [2.75, 3.05) is 5.32 Å². The van der Waals surface area contributed by atoms with E-state index in [9.17, 15) is 9.18 Å². The zero-order valence-electron chi connectivity index (χ0n) is 12.2. The van der Waals surface area contributed by atoms with Crippen LogP contribution in [0.5, 0.6) is 0 Å². The van der Waals surface area contributed by atoms with Crippen molar-refractivity contribution in [3.63, 3.8) is 0 Å². The van der Waals surface area contributed by atoms with Crippen LogP contribution < -0.4 is 5.32 Å². The lowest BCUT2D eigenvalue weighted by molar-refractivity contribution is -0.121. The fraction of sp³-hybridized carbons (Fsp3) is 0.588. The third-order valence-electron chi connectivity index (χ3n) is 4.96. The third-order valence-corrected chi connectivity index (χ3v) is 4.96. The summed E-state index contributed by atoms with van der Waals surface area (Å²) in [5.41, 5.74) is 1.28. The van der Waals surface area contributed by atoms with Gasteiger partial charge in [-0.25, -0.2) is 4.39 Å². The van der Waals surface area contributed by atoms with Gasteiger partial charge in [0.25, 0.3) is 0 Å². The molecule has 2 aliphatic rings. The van der Waals surface area contributed by atoms with E-state index in [1.807, 2.05) is 19.9 Å². The highest BCUT2D eigenvalue weighted by Crippen LogP contribution is 2.48. The van der Waals surface area contributed by atoms with Crippen LogP contribution in [0.2, 0.25) is 0 Å². The lowest BCUT2D eigenvalue weighted by Gasteiger charge is -2.21. The molecule has 3 atom stereocenters. The normalized spacial score (nSPS) is 28.1. The monoisotopic (exact) mass is 275 g/mol. The quantitative estimate of drug-likeness (QED) is 0.874. The number of fused-ring (bicyclic) bond motifs is 2. The van der Waals surface area contributed by atoms with Crippen LogP contribution in [0.15, 0.2) is 18.2 Å². The summed E-state index contributed by atoms with van der Waals surface area (Å²) < 4.78 is 13.9. The van der Waals surface area contributed by atoms with E-state index in [4.69, 9.17) is 0 Å². The van der Waals surface area contributed by atoms with Crippen LogP contribution in [0.4, 0.5) is 10.1 Å². The molecule has 0 heterocycles. The minimum atomic E-state index is -0.231. The molecule has 0 aliphatic heterocycles. The van der Waals surface area contributed by atoms with Gasteiger partial charge in [0, 0.05) is 11.6 Å². The highest BCUT2D eigenvalue weighted by atomic mass is 19.1. The van der Waals surface area contributed by atoms with E-state index < -0.39 is 0 Å². The molecule has 20 heavy (non-hydrogen) atoms. The summed E-state index contributed by atoms with van der Waals surface area (Å²) in [4.78, 5) is 12.3. The molecule has 0 radical (unpaired) electrons. The van der Waals surface area contributed by atoms with Crippen molar-refractivity contribution < 1.29 is 9.18 Å². The maximum atomic E-state index is 13.9. The summed E-state index contributed by atoms with van der Waals surface area (Å²) in [6.45, 7) is 3.93. The molecule has 0 aromatic heterocycles. The van der Waals surface area contributed by atoms with E-state index in [0.29, 0.717) is 17.2 Å². The summed E-state index contributed by atoms with van der Waals surface area (Å²) in [7, 11) is 0. The molecule has 2 fully saturated rings. The van der Waals surface area contributed by atoms with E-state index in [1.165, 1.54) is 25.3 Å². The van der Waals surface area contributed by atoms with Gasteiger partial charge in [0.2, 0.25) is 5.91 Å². The van der Waals surface area contributed by atoms with Crippen LogP contribution in [0.3, 0.4) is 0 Å². The number of benzene rings is 1. The first-order chi connectivity index (χ1) is 9.54. The second-order valence-electron chi connectivity index (χ2n) is 6.66. The van der Waals surface area contributed by atoms with Gasteiger partial charge in [-0.1, -0.05) is 26.3 Å². The first-order valence-electron chi connectivity index (χ1n) is 7.65. The Kier molecular flexibility index (Phi) is 3.53. The van der Waals surface area contributed by atoms with Crippen molar-refractivity contribution in [1.82, 2.24) is 0 Å². The van der Waals surface area contributed by atoms with Crippen molar-refractivity contribution in [3.05, 3.63) is 29.6 Å². The van der Waals surface area contributed by atoms with Crippen LogP contribution in [-0.2, 0) is 4.79 Å². The SMILES string of the molecule is CC(C)c1ccc(NC(=O)C2C[C@H]3CC[C@@H]2C3)cc1F. The molecule has 2 aliphatic carbocycles. The maximum Gasteiger partial charge on any atom is 0.227 e. The summed E-state index contributed by atoms with van der Waals surface area (Å²) in [6, 6.07) is 5.03.